The highest BCUT2D eigenvalue weighted by molar-refractivity contribution is 9.11. The van der Waals surface area contributed by atoms with Crippen LogP contribution in [0.3, 0.4) is 0 Å². The quantitative estimate of drug-likeness (QED) is 0.653. The average molecular weight is 373 g/mol. The molecule has 21 heavy (non-hydrogen) atoms. The standard InChI is InChI=1S/C17H29BrN2S/c1-3-9-19-13-17(7-5-4-6-8-17)14-20(2)11-15-10-16(18)21-12-15/h10,12,19H,3-9,11,13-14H2,1-2H3. The third-order valence-corrected chi connectivity index (χ3v) is 6.07. The van der Waals surface area contributed by atoms with Gasteiger partial charge < -0.3 is 10.2 Å². The fraction of sp³-hybridized carbons (Fsp3) is 0.765. The van der Waals surface area contributed by atoms with Crippen molar-refractivity contribution >= 4 is 27.3 Å². The van der Waals surface area contributed by atoms with E-state index in [1.165, 1.54) is 61.0 Å². The molecule has 0 aliphatic heterocycles. The van der Waals surface area contributed by atoms with Crippen molar-refractivity contribution in [3.05, 3.63) is 20.8 Å². The molecule has 4 heteroatoms. The third-order valence-electron chi connectivity index (χ3n) is 4.52. The maximum Gasteiger partial charge on any atom is 0.0701 e. The van der Waals surface area contributed by atoms with Crippen molar-refractivity contribution in [2.24, 2.45) is 5.41 Å². The molecule has 0 aromatic carbocycles. The lowest BCUT2D eigenvalue weighted by molar-refractivity contribution is 0.114. The fourth-order valence-electron chi connectivity index (χ4n) is 3.59. The van der Waals surface area contributed by atoms with Gasteiger partial charge in [-0.05, 0) is 71.2 Å². The highest BCUT2D eigenvalue weighted by Gasteiger charge is 2.32. The molecule has 1 N–H and O–H groups in total. The second-order valence-corrected chi connectivity index (χ2v) is 8.96. The number of hydrogen-bond acceptors (Lipinski definition) is 3. The number of nitrogens with one attached hydrogen (secondary N) is 1. The number of nitrogens with zero attached hydrogens (tertiary/aromatic N) is 1. The highest BCUT2D eigenvalue weighted by atomic mass is 79.9. The molecule has 1 heterocycles. The van der Waals surface area contributed by atoms with E-state index in [2.05, 4.69) is 51.6 Å². The first kappa shape index (κ1) is 17.5. The van der Waals surface area contributed by atoms with Crippen molar-refractivity contribution in [1.29, 1.82) is 0 Å². The predicted octanol–water partition coefficient (Wildman–Crippen LogP) is 4.89. The molecule has 0 atom stereocenters. The number of thiophene rings is 1. The number of halogens is 1. The van der Waals surface area contributed by atoms with Gasteiger partial charge in [0.25, 0.3) is 0 Å². The van der Waals surface area contributed by atoms with Crippen molar-refractivity contribution in [3.63, 3.8) is 0 Å². The highest BCUT2D eigenvalue weighted by Crippen LogP contribution is 2.36. The van der Waals surface area contributed by atoms with Gasteiger partial charge in [-0.25, -0.2) is 0 Å². The normalized spacial score (nSPS) is 18.3. The molecule has 1 fully saturated rings. The SMILES string of the molecule is CCCNCC1(CN(C)Cc2csc(Br)c2)CCCCC1. The molecule has 1 aromatic rings. The van der Waals surface area contributed by atoms with E-state index in [0.29, 0.717) is 5.41 Å². The lowest BCUT2D eigenvalue weighted by Gasteiger charge is -2.40. The maximum absolute atomic E-state index is 3.69. The Morgan fingerprint density at radius 3 is 2.71 bits per heavy atom. The Kier molecular flexibility index (Phi) is 7.20. The molecule has 0 spiro atoms. The Bertz CT molecular complexity index is 413. The average Bonchev–Trinajstić information content (AvgIpc) is 2.85. The van der Waals surface area contributed by atoms with Crippen LogP contribution in [0.15, 0.2) is 15.2 Å². The molecule has 0 saturated heterocycles. The topological polar surface area (TPSA) is 15.3 Å². The molecule has 0 radical (unpaired) electrons. The summed E-state index contributed by atoms with van der Waals surface area (Å²) in [5, 5.41) is 5.95. The van der Waals surface area contributed by atoms with Gasteiger partial charge in [-0.3, -0.25) is 0 Å². The Hall–Kier alpha value is 0.100. The molecule has 0 bridgehead atoms. The summed E-state index contributed by atoms with van der Waals surface area (Å²) >= 11 is 5.35. The van der Waals surface area contributed by atoms with Gasteiger partial charge in [-0.1, -0.05) is 26.2 Å². The van der Waals surface area contributed by atoms with E-state index in [0.717, 1.165) is 13.1 Å². The Labute approximate surface area is 142 Å². The smallest absolute Gasteiger partial charge is 0.0701 e. The van der Waals surface area contributed by atoms with Crippen molar-refractivity contribution in [2.45, 2.75) is 52.0 Å². The van der Waals surface area contributed by atoms with E-state index < -0.39 is 0 Å². The van der Waals surface area contributed by atoms with Crippen LogP contribution in [0.1, 0.15) is 51.0 Å². The van der Waals surface area contributed by atoms with Crippen LogP contribution in [0.5, 0.6) is 0 Å². The molecule has 1 aromatic heterocycles. The molecule has 2 nitrogen and oxygen atoms in total. The van der Waals surface area contributed by atoms with Gasteiger partial charge in [0.15, 0.2) is 0 Å². The van der Waals surface area contributed by atoms with Crippen molar-refractivity contribution in [1.82, 2.24) is 10.2 Å². The molecule has 2 rings (SSSR count). The third kappa shape index (κ3) is 5.66. The molecule has 0 amide bonds. The summed E-state index contributed by atoms with van der Waals surface area (Å²) in [6, 6.07) is 2.25. The van der Waals surface area contributed by atoms with E-state index in [1.807, 2.05) is 0 Å². The van der Waals surface area contributed by atoms with Crippen LogP contribution in [0.25, 0.3) is 0 Å². The largest absolute Gasteiger partial charge is 0.316 e. The molecular weight excluding hydrogens is 344 g/mol. The second-order valence-electron chi connectivity index (χ2n) is 6.67. The zero-order valence-electron chi connectivity index (χ0n) is 13.5. The maximum atomic E-state index is 3.69. The zero-order chi connectivity index (χ0) is 15.1. The summed E-state index contributed by atoms with van der Waals surface area (Å²) < 4.78 is 1.24. The van der Waals surface area contributed by atoms with Crippen LogP contribution in [-0.4, -0.2) is 31.6 Å². The first-order chi connectivity index (χ1) is 10.1. The summed E-state index contributed by atoms with van der Waals surface area (Å²) in [4.78, 5) is 2.52. The van der Waals surface area contributed by atoms with E-state index in [-0.39, 0.29) is 0 Å². The number of rotatable bonds is 8. The molecular formula is C17H29BrN2S. The molecule has 1 saturated carbocycles. The van der Waals surface area contributed by atoms with Crippen LogP contribution >= 0.6 is 27.3 Å². The molecule has 1 aliphatic carbocycles. The molecule has 120 valence electrons. The summed E-state index contributed by atoms with van der Waals surface area (Å²) in [5.41, 5.74) is 1.93. The van der Waals surface area contributed by atoms with Gasteiger partial charge in [-0.2, -0.15) is 0 Å². The van der Waals surface area contributed by atoms with Gasteiger partial charge >= 0.3 is 0 Å². The van der Waals surface area contributed by atoms with Crippen LogP contribution < -0.4 is 5.32 Å². The van der Waals surface area contributed by atoms with Crippen LogP contribution in [0.4, 0.5) is 0 Å². The summed E-state index contributed by atoms with van der Waals surface area (Å²) in [5.74, 6) is 0. The Morgan fingerprint density at radius 1 is 1.33 bits per heavy atom. The van der Waals surface area contributed by atoms with Gasteiger partial charge in [0.2, 0.25) is 0 Å². The van der Waals surface area contributed by atoms with Crippen LogP contribution in [0.2, 0.25) is 0 Å². The van der Waals surface area contributed by atoms with Gasteiger partial charge in [0, 0.05) is 19.6 Å². The minimum atomic E-state index is 0.495. The molecule has 0 unspecified atom stereocenters. The number of hydrogen-bond donors (Lipinski definition) is 1. The summed E-state index contributed by atoms with van der Waals surface area (Å²) in [7, 11) is 2.28. The van der Waals surface area contributed by atoms with Crippen molar-refractivity contribution < 1.29 is 0 Å². The molecule has 1 aliphatic rings. The minimum Gasteiger partial charge on any atom is -0.316 e. The van der Waals surface area contributed by atoms with Gasteiger partial charge in [0.1, 0.15) is 0 Å². The van der Waals surface area contributed by atoms with Crippen molar-refractivity contribution in [2.75, 3.05) is 26.7 Å². The van der Waals surface area contributed by atoms with E-state index in [4.69, 9.17) is 0 Å². The van der Waals surface area contributed by atoms with E-state index in [1.54, 1.807) is 11.3 Å². The second kappa shape index (κ2) is 8.66. The predicted molar refractivity (Wildman–Crippen MR) is 97.0 cm³/mol. The first-order valence-electron chi connectivity index (χ1n) is 8.26. The Morgan fingerprint density at radius 2 is 2.10 bits per heavy atom. The summed E-state index contributed by atoms with van der Waals surface area (Å²) in [6.07, 6.45) is 8.26. The van der Waals surface area contributed by atoms with Crippen molar-refractivity contribution in [3.8, 4) is 0 Å². The lowest BCUT2D eigenvalue weighted by Crippen LogP contribution is -2.44. The lowest BCUT2D eigenvalue weighted by atomic mass is 9.73. The van der Waals surface area contributed by atoms with Gasteiger partial charge in [0.05, 0.1) is 3.79 Å². The fourth-order valence-corrected chi connectivity index (χ4v) is 4.79. The Balaban J connectivity index is 1.90. The summed E-state index contributed by atoms with van der Waals surface area (Å²) in [6.45, 7) is 6.89. The monoisotopic (exact) mass is 372 g/mol. The van der Waals surface area contributed by atoms with Gasteiger partial charge in [-0.15, -0.1) is 11.3 Å². The minimum absolute atomic E-state index is 0.495. The van der Waals surface area contributed by atoms with Crippen LogP contribution in [0, 0.1) is 5.41 Å². The van der Waals surface area contributed by atoms with Crippen LogP contribution in [-0.2, 0) is 6.54 Å². The van der Waals surface area contributed by atoms with E-state index >= 15 is 0 Å². The first-order valence-corrected chi connectivity index (χ1v) is 9.93. The van der Waals surface area contributed by atoms with E-state index in [9.17, 15) is 0 Å². The zero-order valence-corrected chi connectivity index (χ0v) is 15.9.